The van der Waals surface area contributed by atoms with Crippen molar-refractivity contribution in [3.05, 3.63) is 0 Å². The van der Waals surface area contributed by atoms with Crippen molar-refractivity contribution in [3.63, 3.8) is 0 Å². The van der Waals surface area contributed by atoms with Gasteiger partial charge in [-0.1, -0.05) is 13.8 Å². The van der Waals surface area contributed by atoms with Crippen LogP contribution in [0.3, 0.4) is 0 Å². The Hall–Kier alpha value is 0.170. The molecule has 0 aromatic carbocycles. The van der Waals surface area contributed by atoms with Crippen LogP contribution in [0.2, 0.25) is 0 Å². The standard InChI is InChI=1S/C15H27ClO3/c1-10-6-11(2)8-12(7-10)19-14-9-13(16)15(14)18-5-4-17-3/h10-15H,4-9H2,1-3H3. The highest BCUT2D eigenvalue weighted by atomic mass is 35.5. The number of methoxy groups -OCH3 is 1. The van der Waals surface area contributed by atoms with Gasteiger partial charge in [0.15, 0.2) is 0 Å². The van der Waals surface area contributed by atoms with E-state index < -0.39 is 0 Å². The van der Waals surface area contributed by atoms with Crippen LogP contribution in [0, 0.1) is 11.8 Å². The van der Waals surface area contributed by atoms with Gasteiger partial charge >= 0.3 is 0 Å². The molecule has 0 radical (unpaired) electrons. The molecule has 0 spiro atoms. The summed E-state index contributed by atoms with van der Waals surface area (Å²) in [6.45, 7) is 5.86. The van der Waals surface area contributed by atoms with Gasteiger partial charge in [-0.25, -0.2) is 0 Å². The molecule has 0 N–H and O–H groups in total. The van der Waals surface area contributed by atoms with Crippen molar-refractivity contribution in [1.29, 1.82) is 0 Å². The Kier molecular flexibility index (Phi) is 5.94. The first kappa shape index (κ1) is 15.6. The summed E-state index contributed by atoms with van der Waals surface area (Å²) in [5.74, 6) is 1.54. The summed E-state index contributed by atoms with van der Waals surface area (Å²) in [5.41, 5.74) is 0. The van der Waals surface area contributed by atoms with Gasteiger partial charge in [0.2, 0.25) is 0 Å². The van der Waals surface area contributed by atoms with Crippen molar-refractivity contribution in [1.82, 2.24) is 0 Å². The predicted molar refractivity (Wildman–Crippen MR) is 76.7 cm³/mol. The van der Waals surface area contributed by atoms with E-state index in [9.17, 15) is 0 Å². The number of rotatable bonds is 6. The summed E-state index contributed by atoms with van der Waals surface area (Å²) in [7, 11) is 1.68. The molecule has 2 saturated carbocycles. The van der Waals surface area contributed by atoms with Crippen LogP contribution in [0.15, 0.2) is 0 Å². The summed E-state index contributed by atoms with van der Waals surface area (Å²) in [6, 6.07) is 0. The Balaban J connectivity index is 1.75. The van der Waals surface area contributed by atoms with E-state index in [1.165, 1.54) is 19.3 Å². The lowest BCUT2D eigenvalue weighted by Gasteiger charge is -2.44. The molecule has 0 amide bonds. The summed E-state index contributed by atoms with van der Waals surface area (Å²) in [5, 5.41) is 0.0975. The average Bonchev–Trinajstić information content (AvgIpc) is 2.33. The second kappa shape index (κ2) is 7.26. The van der Waals surface area contributed by atoms with Crippen LogP contribution < -0.4 is 0 Å². The van der Waals surface area contributed by atoms with E-state index in [1.807, 2.05) is 0 Å². The lowest BCUT2D eigenvalue weighted by Crippen LogP contribution is -2.53. The fourth-order valence-corrected chi connectivity index (χ4v) is 3.78. The van der Waals surface area contributed by atoms with E-state index in [0.29, 0.717) is 19.3 Å². The molecule has 2 aliphatic carbocycles. The Morgan fingerprint density at radius 1 is 1.00 bits per heavy atom. The molecule has 5 unspecified atom stereocenters. The fraction of sp³-hybridized carbons (Fsp3) is 1.00. The lowest BCUT2D eigenvalue weighted by atomic mass is 9.81. The Bertz CT molecular complexity index is 264. The Morgan fingerprint density at radius 3 is 2.26 bits per heavy atom. The molecule has 0 aromatic heterocycles. The highest BCUT2D eigenvalue weighted by Crippen LogP contribution is 2.37. The van der Waals surface area contributed by atoms with Gasteiger partial charge in [-0.05, 0) is 37.5 Å². The molecule has 2 aliphatic rings. The summed E-state index contributed by atoms with van der Waals surface area (Å²) in [6.07, 6.45) is 5.22. The molecule has 5 atom stereocenters. The molecule has 0 saturated heterocycles. The number of hydrogen-bond acceptors (Lipinski definition) is 3. The zero-order chi connectivity index (χ0) is 13.8. The Labute approximate surface area is 121 Å². The molecule has 0 heterocycles. The minimum atomic E-state index is 0.0457. The molecular formula is C15H27ClO3. The number of ether oxygens (including phenoxy) is 3. The van der Waals surface area contributed by atoms with Crippen LogP contribution in [-0.2, 0) is 14.2 Å². The smallest absolute Gasteiger partial charge is 0.100 e. The van der Waals surface area contributed by atoms with E-state index in [1.54, 1.807) is 7.11 Å². The second-order valence-corrected chi connectivity index (χ2v) is 6.85. The quantitative estimate of drug-likeness (QED) is 0.555. The minimum Gasteiger partial charge on any atom is -0.382 e. The topological polar surface area (TPSA) is 27.7 Å². The van der Waals surface area contributed by atoms with Gasteiger partial charge in [0.05, 0.1) is 30.8 Å². The summed E-state index contributed by atoms with van der Waals surface area (Å²) < 4.78 is 17.0. The van der Waals surface area contributed by atoms with Crippen molar-refractivity contribution < 1.29 is 14.2 Å². The molecule has 3 nitrogen and oxygen atoms in total. The van der Waals surface area contributed by atoms with E-state index >= 15 is 0 Å². The van der Waals surface area contributed by atoms with Gasteiger partial charge in [0.1, 0.15) is 6.10 Å². The maximum atomic E-state index is 6.23. The predicted octanol–water partition coefficient (Wildman–Crippen LogP) is 3.24. The van der Waals surface area contributed by atoms with Crippen LogP contribution in [0.5, 0.6) is 0 Å². The maximum absolute atomic E-state index is 6.23. The van der Waals surface area contributed by atoms with Crippen LogP contribution in [0.25, 0.3) is 0 Å². The highest BCUT2D eigenvalue weighted by Gasteiger charge is 2.43. The highest BCUT2D eigenvalue weighted by molar-refractivity contribution is 6.21. The van der Waals surface area contributed by atoms with Gasteiger partial charge in [-0.3, -0.25) is 0 Å². The normalized spacial score (nSPS) is 42.9. The molecule has 4 heteroatoms. The molecular weight excluding hydrogens is 264 g/mol. The average molecular weight is 291 g/mol. The van der Waals surface area contributed by atoms with Crippen LogP contribution in [-0.4, -0.2) is 44.0 Å². The molecule has 0 aliphatic heterocycles. The minimum absolute atomic E-state index is 0.0457. The first-order chi connectivity index (χ1) is 9.10. The summed E-state index contributed by atoms with van der Waals surface area (Å²) >= 11 is 6.22. The van der Waals surface area contributed by atoms with Crippen molar-refractivity contribution in [2.24, 2.45) is 11.8 Å². The third-order valence-corrected chi connectivity index (χ3v) is 4.71. The van der Waals surface area contributed by atoms with Crippen LogP contribution in [0.4, 0.5) is 0 Å². The third kappa shape index (κ3) is 4.32. The second-order valence-electron chi connectivity index (χ2n) is 6.29. The molecule has 0 bridgehead atoms. The van der Waals surface area contributed by atoms with E-state index in [0.717, 1.165) is 18.3 Å². The van der Waals surface area contributed by atoms with Crippen LogP contribution >= 0.6 is 11.6 Å². The van der Waals surface area contributed by atoms with Crippen molar-refractivity contribution >= 4 is 11.6 Å². The fourth-order valence-electron chi connectivity index (χ4n) is 3.37. The summed E-state index contributed by atoms with van der Waals surface area (Å²) in [4.78, 5) is 0. The molecule has 112 valence electrons. The van der Waals surface area contributed by atoms with Crippen molar-refractivity contribution in [2.75, 3.05) is 20.3 Å². The number of halogens is 1. The first-order valence-electron chi connectivity index (χ1n) is 7.50. The molecule has 2 fully saturated rings. The largest absolute Gasteiger partial charge is 0.382 e. The zero-order valence-corrected chi connectivity index (χ0v) is 13.1. The molecule has 19 heavy (non-hydrogen) atoms. The zero-order valence-electron chi connectivity index (χ0n) is 12.3. The molecule has 0 aromatic rings. The van der Waals surface area contributed by atoms with Gasteiger partial charge < -0.3 is 14.2 Å². The van der Waals surface area contributed by atoms with Crippen LogP contribution in [0.1, 0.15) is 39.5 Å². The van der Waals surface area contributed by atoms with E-state index in [4.69, 9.17) is 25.8 Å². The first-order valence-corrected chi connectivity index (χ1v) is 7.93. The Morgan fingerprint density at radius 2 is 1.68 bits per heavy atom. The SMILES string of the molecule is COCCOC1C(Cl)CC1OC1CC(C)CC(C)C1. The van der Waals surface area contributed by atoms with E-state index in [2.05, 4.69) is 13.8 Å². The van der Waals surface area contributed by atoms with Crippen molar-refractivity contribution in [2.45, 2.75) is 63.2 Å². The maximum Gasteiger partial charge on any atom is 0.100 e. The van der Waals surface area contributed by atoms with Crippen molar-refractivity contribution in [3.8, 4) is 0 Å². The monoisotopic (exact) mass is 290 g/mol. The lowest BCUT2D eigenvalue weighted by molar-refractivity contribution is -0.162. The van der Waals surface area contributed by atoms with Gasteiger partial charge in [-0.2, -0.15) is 0 Å². The van der Waals surface area contributed by atoms with Gasteiger partial charge in [0.25, 0.3) is 0 Å². The number of hydrogen-bond donors (Lipinski definition) is 0. The number of alkyl halides is 1. The molecule has 2 rings (SSSR count). The third-order valence-electron chi connectivity index (χ3n) is 4.28. The van der Waals surface area contributed by atoms with Gasteiger partial charge in [-0.15, -0.1) is 11.6 Å². The van der Waals surface area contributed by atoms with E-state index in [-0.39, 0.29) is 17.6 Å². The van der Waals surface area contributed by atoms with Gasteiger partial charge in [0, 0.05) is 7.11 Å².